The maximum absolute atomic E-state index is 11.4. The van der Waals surface area contributed by atoms with Gasteiger partial charge in [0.05, 0.1) is 25.9 Å². The van der Waals surface area contributed by atoms with Crippen LogP contribution in [0.5, 0.6) is 11.5 Å². The number of aliphatic hydroxyl groups excluding tert-OH is 1. The van der Waals surface area contributed by atoms with E-state index in [1.54, 1.807) is 25.3 Å². The highest BCUT2D eigenvalue weighted by Gasteiger charge is 2.21. The van der Waals surface area contributed by atoms with Crippen LogP contribution in [0, 0.1) is 0 Å². The Hall–Kier alpha value is -1.75. The predicted molar refractivity (Wildman–Crippen MR) is 93.4 cm³/mol. The Morgan fingerprint density at radius 2 is 1.61 bits per heavy atom. The molecule has 0 heterocycles. The summed E-state index contributed by atoms with van der Waals surface area (Å²) in [6.07, 6.45) is 3.67. The minimum atomic E-state index is -0.376. The first-order valence-corrected chi connectivity index (χ1v) is 8.12. The van der Waals surface area contributed by atoms with E-state index in [1.807, 2.05) is 27.7 Å². The maximum atomic E-state index is 11.4. The van der Waals surface area contributed by atoms with E-state index in [0.29, 0.717) is 17.1 Å². The van der Waals surface area contributed by atoms with E-state index in [9.17, 15) is 4.79 Å². The highest BCUT2D eigenvalue weighted by atomic mass is 16.5. The van der Waals surface area contributed by atoms with Crippen LogP contribution in [0.25, 0.3) is 0 Å². The number of carbonyl (C=O) groups excluding carboxylic acids is 1. The number of benzene rings is 1. The van der Waals surface area contributed by atoms with Crippen LogP contribution < -0.4 is 9.47 Å². The first-order chi connectivity index (χ1) is 11.2. The van der Waals surface area contributed by atoms with E-state index < -0.39 is 0 Å². The van der Waals surface area contributed by atoms with Gasteiger partial charge in [-0.15, -0.1) is 0 Å². The molecule has 1 aromatic rings. The summed E-state index contributed by atoms with van der Waals surface area (Å²) in [5, 5.41) is 7.00. The lowest BCUT2D eigenvalue weighted by molar-refractivity contribution is 0.0600. The molecule has 1 aliphatic rings. The number of hydrogen-bond acceptors (Lipinski definition) is 5. The van der Waals surface area contributed by atoms with Crippen molar-refractivity contribution in [3.63, 3.8) is 0 Å². The number of ether oxygens (including phenoxy) is 3. The van der Waals surface area contributed by atoms with Crippen LogP contribution in [0.3, 0.4) is 0 Å². The molecular formula is C18H32O5. The van der Waals surface area contributed by atoms with Gasteiger partial charge in [0.15, 0.2) is 11.5 Å². The molecule has 2 rings (SSSR count). The van der Waals surface area contributed by atoms with Gasteiger partial charge in [0.1, 0.15) is 0 Å². The van der Waals surface area contributed by atoms with Crippen LogP contribution in [0.1, 0.15) is 57.3 Å². The molecule has 1 aliphatic carbocycles. The van der Waals surface area contributed by atoms with E-state index in [-0.39, 0.29) is 12.1 Å². The Balaban J connectivity index is 0. The first-order valence-electron chi connectivity index (χ1n) is 8.12. The zero-order valence-corrected chi connectivity index (χ0v) is 15.5. The lowest BCUT2D eigenvalue weighted by atomic mass is 9.96. The van der Waals surface area contributed by atoms with Gasteiger partial charge in [-0.05, 0) is 37.5 Å². The Bertz CT molecular complexity index is 414. The third-order valence-corrected chi connectivity index (χ3v) is 2.93. The molecule has 0 saturated heterocycles. The van der Waals surface area contributed by atoms with Crippen molar-refractivity contribution in [2.45, 2.75) is 53.1 Å². The average Bonchev–Trinajstić information content (AvgIpc) is 2.62. The largest absolute Gasteiger partial charge is 0.493 e. The van der Waals surface area contributed by atoms with Crippen molar-refractivity contribution in [1.29, 1.82) is 0 Å². The summed E-state index contributed by atoms with van der Waals surface area (Å²) in [5.74, 6) is 0.878. The molecule has 0 bridgehead atoms. The quantitative estimate of drug-likeness (QED) is 0.844. The molecule has 1 N–H and O–H groups in total. The molecule has 1 aromatic carbocycles. The van der Waals surface area contributed by atoms with Crippen molar-refractivity contribution in [1.82, 2.24) is 0 Å². The topological polar surface area (TPSA) is 65.0 Å². The van der Waals surface area contributed by atoms with E-state index >= 15 is 0 Å². The Kier molecular flexibility index (Phi) is 15.5. The third-order valence-electron chi connectivity index (χ3n) is 2.93. The van der Waals surface area contributed by atoms with Crippen LogP contribution in [0.15, 0.2) is 18.2 Å². The summed E-state index contributed by atoms with van der Waals surface area (Å²) in [4.78, 5) is 11.4. The van der Waals surface area contributed by atoms with Crippen LogP contribution in [-0.2, 0) is 4.74 Å². The number of rotatable bonds is 4. The second kappa shape index (κ2) is 15.2. The highest BCUT2D eigenvalue weighted by molar-refractivity contribution is 5.90. The van der Waals surface area contributed by atoms with Gasteiger partial charge in [-0.2, -0.15) is 0 Å². The number of aliphatic hydroxyl groups is 1. The molecule has 5 heteroatoms. The summed E-state index contributed by atoms with van der Waals surface area (Å²) in [5.41, 5.74) is 0.463. The highest BCUT2D eigenvalue weighted by Crippen LogP contribution is 2.33. The van der Waals surface area contributed by atoms with Gasteiger partial charge >= 0.3 is 5.97 Å². The minimum Gasteiger partial charge on any atom is -0.493 e. The zero-order valence-electron chi connectivity index (χ0n) is 15.5. The summed E-state index contributed by atoms with van der Waals surface area (Å²) >= 11 is 0. The average molecular weight is 328 g/mol. The lowest BCUT2D eigenvalue weighted by Crippen LogP contribution is -2.24. The van der Waals surface area contributed by atoms with Crippen molar-refractivity contribution in [2.24, 2.45) is 0 Å². The summed E-state index contributed by atoms with van der Waals surface area (Å²) in [7, 11) is 3.91. The first kappa shape index (κ1) is 23.5. The molecule has 0 amide bonds. The molecule has 23 heavy (non-hydrogen) atoms. The van der Waals surface area contributed by atoms with E-state index in [1.165, 1.54) is 13.5 Å². The van der Waals surface area contributed by atoms with Crippen molar-refractivity contribution < 1.29 is 24.1 Å². The molecule has 1 saturated carbocycles. The Morgan fingerprint density at radius 1 is 1.04 bits per heavy atom. The van der Waals surface area contributed by atoms with Crippen molar-refractivity contribution in [2.75, 3.05) is 21.3 Å². The second-order valence-electron chi connectivity index (χ2n) is 4.03. The van der Waals surface area contributed by atoms with Crippen molar-refractivity contribution in [3.8, 4) is 11.5 Å². The third kappa shape index (κ3) is 7.88. The van der Waals surface area contributed by atoms with Gasteiger partial charge in [0.2, 0.25) is 0 Å². The van der Waals surface area contributed by atoms with Gasteiger partial charge in [0, 0.05) is 7.11 Å². The number of methoxy groups -OCH3 is 2. The van der Waals surface area contributed by atoms with Gasteiger partial charge in [-0.1, -0.05) is 27.7 Å². The fourth-order valence-electron chi connectivity index (χ4n) is 1.68. The maximum Gasteiger partial charge on any atom is 0.337 e. The van der Waals surface area contributed by atoms with Gasteiger partial charge < -0.3 is 19.3 Å². The number of esters is 1. The summed E-state index contributed by atoms with van der Waals surface area (Å²) in [6, 6.07) is 5.07. The fraction of sp³-hybridized carbons (Fsp3) is 0.611. The Labute approximate surface area is 140 Å². The normalized spacial score (nSPS) is 11.8. The smallest absolute Gasteiger partial charge is 0.337 e. The van der Waals surface area contributed by atoms with Crippen molar-refractivity contribution in [3.05, 3.63) is 23.8 Å². The van der Waals surface area contributed by atoms with E-state index in [4.69, 9.17) is 14.6 Å². The molecule has 134 valence electrons. The van der Waals surface area contributed by atoms with E-state index in [2.05, 4.69) is 4.74 Å². The minimum absolute atomic E-state index is 0.285. The van der Waals surface area contributed by atoms with Gasteiger partial charge in [0.25, 0.3) is 0 Å². The molecule has 0 radical (unpaired) electrons. The van der Waals surface area contributed by atoms with Gasteiger partial charge in [-0.3, -0.25) is 0 Å². The predicted octanol–water partition coefficient (Wildman–Crippen LogP) is 4.07. The number of hydrogen-bond donors (Lipinski definition) is 1. The molecule has 0 spiro atoms. The summed E-state index contributed by atoms with van der Waals surface area (Å²) in [6.45, 7) is 8.00. The molecule has 0 atom stereocenters. The van der Waals surface area contributed by atoms with Crippen LogP contribution in [0.4, 0.5) is 0 Å². The molecule has 0 aliphatic heterocycles. The SMILES string of the molecule is CC.CC.CO.COC(=O)c1ccc(OC2CCC2)c(OC)c1. The summed E-state index contributed by atoms with van der Waals surface area (Å²) < 4.78 is 15.6. The Morgan fingerprint density at radius 3 is 2.00 bits per heavy atom. The molecule has 0 unspecified atom stereocenters. The van der Waals surface area contributed by atoms with Crippen LogP contribution >= 0.6 is 0 Å². The van der Waals surface area contributed by atoms with Crippen LogP contribution in [-0.4, -0.2) is 38.5 Å². The van der Waals surface area contributed by atoms with Crippen LogP contribution in [0.2, 0.25) is 0 Å². The fourth-order valence-corrected chi connectivity index (χ4v) is 1.68. The van der Waals surface area contributed by atoms with Crippen molar-refractivity contribution >= 4 is 5.97 Å². The monoisotopic (exact) mass is 328 g/mol. The molecule has 0 aromatic heterocycles. The lowest BCUT2D eigenvalue weighted by Gasteiger charge is -2.27. The molecular weight excluding hydrogens is 296 g/mol. The second-order valence-corrected chi connectivity index (χ2v) is 4.03. The number of carbonyl (C=O) groups is 1. The molecule has 1 fully saturated rings. The van der Waals surface area contributed by atoms with Gasteiger partial charge in [-0.25, -0.2) is 4.79 Å². The standard InChI is InChI=1S/C13H16O4.2C2H6.CH4O/c1-15-12-8-9(13(14)16-2)6-7-11(12)17-10-4-3-5-10;3*1-2/h6-8,10H,3-5H2,1-2H3;2*1-2H3;2H,1H3. The zero-order chi connectivity index (χ0) is 18.3. The molecule has 5 nitrogen and oxygen atoms in total. The van der Waals surface area contributed by atoms with E-state index in [0.717, 1.165) is 20.0 Å².